The van der Waals surface area contributed by atoms with Gasteiger partial charge in [0.2, 0.25) is 0 Å². The summed E-state index contributed by atoms with van der Waals surface area (Å²) in [5, 5.41) is 4.73. The Kier molecular flexibility index (Phi) is 9.49. The summed E-state index contributed by atoms with van der Waals surface area (Å²) >= 11 is 0. The zero-order valence-electron chi connectivity index (χ0n) is 33.7. The first-order chi connectivity index (χ1) is 30.7. The lowest BCUT2D eigenvalue weighted by atomic mass is 9.84. The quantitative estimate of drug-likeness (QED) is 0.144. The lowest BCUT2D eigenvalue weighted by molar-refractivity contribution is 1.18. The first kappa shape index (κ1) is 36.7. The molecule has 2 heterocycles. The van der Waals surface area contributed by atoms with Crippen molar-refractivity contribution < 1.29 is 0 Å². The molecular formula is C58H38N4. The third-order valence-electron chi connectivity index (χ3n) is 11.5. The molecule has 0 N–H and O–H groups in total. The molecule has 11 rings (SSSR count). The van der Waals surface area contributed by atoms with E-state index in [0.717, 1.165) is 78.4 Å². The highest BCUT2D eigenvalue weighted by molar-refractivity contribution is 6.21. The van der Waals surface area contributed by atoms with Crippen LogP contribution in [0.2, 0.25) is 0 Å². The maximum Gasteiger partial charge on any atom is 0.160 e. The van der Waals surface area contributed by atoms with E-state index in [4.69, 9.17) is 19.9 Å². The molecule has 4 heteroatoms. The highest BCUT2D eigenvalue weighted by Crippen LogP contribution is 2.46. The van der Waals surface area contributed by atoms with Crippen LogP contribution in [0.25, 0.3) is 112 Å². The van der Waals surface area contributed by atoms with Crippen LogP contribution in [0.3, 0.4) is 0 Å². The molecule has 11 aromatic rings. The molecule has 0 saturated carbocycles. The maximum absolute atomic E-state index is 5.21. The van der Waals surface area contributed by atoms with E-state index in [2.05, 4.69) is 206 Å². The van der Waals surface area contributed by atoms with Gasteiger partial charge in [0.05, 0.1) is 22.8 Å². The zero-order chi connectivity index (χ0) is 41.2. The third-order valence-corrected chi connectivity index (χ3v) is 11.5. The van der Waals surface area contributed by atoms with E-state index in [1.165, 1.54) is 21.5 Å². The standard InChI is InChI=1S/C58H38N4/c1-5-19-39(20-6-1)51-37-52(40-21-7-2-8-22-40)60-57(59-51)45-29-17-27-43(35-45)55-49-33-15-13-31-47(49)48-32-14-16-34-50(48)56(55)44-28-18-30-46(36-44)58-61-53(41-23-9-3-10-24-41)38-54(62-58)42-25-11-4-12-26-42/h1-38H. The van der Waals surface area contributed by atoms with Crippen LogP contribution in [0.15, 0.2) is 231 Å². The molecule has 0 radical (unpaired) electrons. The van der Waals surface area contributed by atoms with Crippen molar-refractivity contribution in [3.63, 3.8) is 0 Å². The molecule has 2 aromatic heterocycles. The molecule has 0 fully saturated rings. The summed E-state index contributed by atoms with van der Waals surface area (Å²) in [6, 6.07) is 80.4. The van der Waals surface area contributed by atoms with Gasteiger partial charge in [-0.25, -0.2) is 19.9 Å². The second-order valence-electron chi connectivity index (χ2n) is 15.4. The molecule has 0 saturated heterocycles. The SMILES string of the molecule is c1ccc(-c2cc(-c3ccccc3)nc(-c3cccc(-c4c(-c5cccc(-c6nc(-c7ccccc7)cc(-c7ccccc7)n6)c5)c5ccccc5c5ccccc45)c3)n2)cc1. The molecule has 9 aromatic carbocycles. The molecule has 62 heavy (non-hydrogen) atoms. The molecule has 0 spiro atoms. The molecular weight excluding hydrogens is 753 g/mol. The van der Waals surface area contributed by atoms with Crippen molar-refractivity contribution in [2.75, 3.05) is 0 Å². The molecule has 0 aliphatic carbocycles. The van der Waals surface area contributed by atoms with Gasteiger partial charge >= 0.3 is 0 Å². The van der Waals surface area contributed by atoms with Crippen LogP contribution in [-0.4, -0.2) is 19.9 Å². The fourth-order valence-electron chi connectivity index (χ4n) is 8.55. The van der Waals surface area contributed by atoms with Crippen LogP contribution in [0.4, 0.5) is 0 Å². The first-order valence-corrected chi connectivity index (χ1v) is 20.9. The van der Waals surface area contributed by atoms with Crippen LogP contribution < -0.4 is 0 Å². The normalized spacial score (nSPS) is 11.2. The van der Waals surface area contributed by atoms with Crippen LogP contribution in [0, 0.1) is 0 Å². The monoisotopic (exact) mass is 790 g/mol. The Balaban J connectivity index is 1.12. The van der Waals surface area contributed by atoms with E-state index in [1.807, 2.05) is 24.3 Å². The van der Waals surface area contributed by atoms with Crippen molar-refractivity contribution >= 4 is 21.5 Å². The summed E-state index contributed by atoms with van der Waals surface area (Å²) in [5.74, 6) is 1.34. The molecule has 0 aliphatic rings. The third kappa shape index (κ3) is 7.00. The Bertz CT molecular complexity index is 3040. The Morgan fingerprint density at radius 2 is 0.452 bits per heavy atom. The summed E-state index contributed by atoms with van der Waals surface area (Å²) < 4.78 is 0. The van der Waals surface area contributed by atoms with Crippen molar-refractivity contribution in [3.05, 3.63) is 231 Å². The van der Waals surface area contributed by atoms with Gasteiger partial charge in [-0.1, -0.05) is 206 Å². The summed E-state index contributed by atoms with van der Waals surface area (Å²) in [5.41, 5.74) is 14.0. The molecule has 4 nitrogen and oxygen atoms in total. The van der Waals surface area contributed by atoms with E-state index in [0.29, 0.717) is 11.6 Å². The Hall–Kier alpha value is -8.34. The Labute approximate surface area is 360 Å². The smallest absolute Gasteiger partial charge is 0.160 e. The van der Waals surface area contributed by atoms with Crippen LogP contribution in [0.1, 0.15) is 0 Å². The number of aromatic nitrogens is 4. The Morgan fingerprint density at radius 1 is 0.194 bits per heavy atom. The van der Waals surface area contributed by atoms with Gasteiger partial charge in [-0.15, -0.1) is 0 Å². The van der Waals surface area contributed by atoms with E-state index >= 15 is 0 Å². The van der Waals surface area contributed by atoms with Gasteiger partial charge < -0.3 is 0 Å². The predicted molar refractivity (Wildman–Crippen MR) is 256 cm³/mol. The van der Waals surface area contributed by atoms with E-state index in [9.17, 15) is 0 Å². The lowest BCUT2D eigenvalue weighted by Crippen LogP contribution is -1.97. The van der Waals surface area contributed by atoms with E-state index in [-0.39, 0.29) is 0 Å². The molecule has 290 valence electrons. The van der Waals surface area contributed by atoms with Crippen LogP contribution in [-0.2, 0) is 0 Å². The van der Waals surface area contributed by atoms with Crippen molar-refractivity contribution in [1.82, 2.24) is 19.9 Å². The summed E-state index contributed by atoms with van der Waals surface area (Å²) in [7, 11) is 0. The van der Waals surface area contributed by atoms with Crippen molar-refractivity contribution in [1.29, 1.82) is 0 Å². The van der Waals surface area contributed by atoms with Gasteiger partial charge in [0.15, 0.2) is 11.6 Å². The van der Waals surface area contributed by atoms with Gasteiger partial charge in [-0.05, 0) is 68.1 Å². The summed E-state index contributed by atoms with van der Waals surface area (Å²) in [6.07, 6.45) is 0. The fraction of sp³-hybridized carbons (Fsp3) is 0. The molecule has 0 bridgehead atoms. The van der Waals surface area contributed by atoms with Crippen molar-refractivity contribution in [2.24, 2.45) is 0 Å². The van der Waals surface area contributed by atoms with Gasteiger partial charge in [-0.2, -0.15) is 0 Å². The largest absolute Gasteiger partial charge is 0.228 e. The molecule has 0 amide bonds. The van der Waals surface area contributed by atoms with Gasteiger partial charge in [0.1, 0.15) is 0 Å². The summed E-state index contributed by atoms with van der Waals surface area (Å²) in [6.45, 7) is 0. The lowest BCUT2D eigenvalue weighted by Gasteiger charge is -2.19. The van der Waals surface area contributed by atoms with Crippen LogP contribution >= 0.6 is 0 Å². The highest BCUT2D eigenvalue weighted by Gasteiger charge is 2.20. The average Bonchev–Trinajstić information content (AvgIpc) is 3.37. The van der Waals surface area contributed by atoms with Crippen molar-refractivity contribution in [3.8, 4) is 90.1 Å². The molecule has 0 unspecified atom stereocenters. The second-order valence-corrected chi connectivity index (χ2v) is 15.4. The molecule has 0 atom stereocenters. The van der Waals surface area contributed by atoms with Gasteiger partial charge in [0.25, 0.3) is 0 Å². The van der Waals surface area contributed by atoms with Crippen LogP contribution in [0.5, 0.6) is 0 Å². The van der Waals surface area contributed by atoms with E-state index in [1.54, 1.807) is 0 Å². The number of rotatable bonds is 8. The second kappa shape index (κ2) is 16.0. The fourth-order valence-corrected chi connectivity index (χ4v) is 8.55. The molecule has 0 aliphatic heterocycles. The minimum absolute atomic E-state index is 0.672. The topological polar surface area (TPSA) is 51.6 Å². The number of hydrogen-bond acceptors (Lipinski definition) is 4. The average molecular weight is 791 g/mol. The number of hydrogen-bond donors (Lipinski definition) is 0. The number of nitrogens with zero attached hydrogens (tertiary/aromatic N) is 4. The summed E-state index contributed by atoms with van der Waals surface area (Å²) in [4.78, 5) is 20.8. The number of benzene rings is 9. The minimum Gasteiger partial charge on any atom is -0.228 e. The maximum atomic E-state index is 5.21. The zero-order valence-corrected chi connectivity index (χ0v) is 33.7. The predicted octanol–water partition coefficient (Wildman–Crippen LogP) is 14.9. The Morgan fingerprint density at radius 3 is 0.774 bits per heavy atom. The van der Waals surface area contributed by atoms with Gasteiger partial charge in [0, 0.05) is 33.4 Å². The van der Waals surface area contributed by atoms with E-state index < -0.39 is 0 Å². The van der Waals surface area contributed by atoms with Crippen molar-refractivity contribution in [2.45, 2.75) is 0 Å². The van der Waals surface area contributed by atoms with Gasteiger partial charge in [-0.3, -0.25) is 0 Å². The highest BCUT2D eigenvalue weighted by atomic mass is 14.9. The first-order valence-electron chi connectivity index (χ1n) is 20.9. The number of fused-ring (bicyclic) bond motifs is 3. The minimum atomic E-state index is 0.672.